The van der Waals surface area contributed by atoms with E-state index in [1.807, 2.05) is 20.8 Å². The zero-order valence-electron chi connectivity index (χ0n) is 40.8. The summed E-state index contributed by atoms with van der Waals surface area (Å²) in [7, 11) is -2.99. The molecule has 0 bridgehead atoms. The van der Waals surface area contributed by atoms with E-state index in [0.29, 0.717) is 0 Å². The number of aryl methyl sites for hydroxylation is 2. The SMILES string of the molecule is CC[Si](CC)(CC)O[C@@H](C/C=C/CCC[C@H](C)[C@H](O[Si](C)(C)C(C)(C)C)[C@@H](C)C(=O)C(C)(C)[C@H](CC(=O)OC)O[Si](C)(C)C(C)(C)C)c1ccc2c(c1)nc(C)n2C. The molecule has 0 radical (unpaired) electrons. The Morgan fingerprint density at radius 3 is 1.91 bits per heavy atom. The molecule has 58 heavy (non-hydrogen) atoms. The van der Waals surface area contributed by atoms with Crippen molar-refractivity contribution in [3.05, 3.63) is 41.7 Å². The second-order valence-electron chi connectivity index (χ2n) is 20.8. The Balaban J connectivity index is 2.34. The maximum absolute atomic E-state index is 14.8. The number of ether oxygens (including phenoxy) is 1. The van der Waals surface area contributed by atoms with E-state index in [-0.39, 0.29) is 46.4 Å². The molecule has 5 atom stereocenters. The molecule has 1 aromatic carbocycles. The molecule has 0 aliphatic rings. The number of benzene rings is 1. The highest BCUT2D eigenvalue weighted by atomic mass is 28.4. The van der Waals surface area contributed by atoms with Gasteiger partial charge in [0.05, 0.1) is 42.9 Å². The lowest BCUT2D eigenvalue weighted by Gasteiger charge is -2.46. The first-order chi connectivity index (χ1) is 26.5. The number of imidazole rings is 1. The van der Waals surface area contributed by atoms with Gasteiger partial charge >= 0.3 is 5.97 Å². The summed E-state index contributed by atoms with van der Waals surface area (Å²) >= 11 is 0. The number of methoxy groups -OCH3 is 1. The normalized spacial score (nSPS) is 16.4. The van der Waals surface area contributed by atoms with Crippen LogP contribution in [0.4, 0.5) is 0 Å². The first-order valence-electron chi connectivity index (χ1n) is 22.3. The highest BCUT2D eigenvalue weighted by Crippen LogP contribution is 2.44. The second kappa shape index (κ2) is 20.8. The molecule has 2 rings (SSSR count). The van der Waals surface area contributed by atoms with Crippen molar-refractivity contribution in [2.24, 2.45) is 24.3 Å². The van der Waals surface area contributed by atoms with E-state index < -0.39 is 42.4 Å². The van der Waals surface area contributed by atoms with E-state index >= 15 is 0 Å². The smallest absolute Gasteiger partial charge is 0.308 e. The molecular weight excluding hydrogens is 773 g/mol. The summed E-state index contributed by atoms with van der Waals surface area (Å²) in [6.07, 6.45) is 7.47. The van der Waals surface area contributed by atoms with Crippen LogP contribution in [0.15, 0.2) is 30.4 Å². The van der Waals surface area contributed by atoms with Crippen molar-refractivity contribution < 1.29 is 27.6 Å². The largest absolute Gasteiger partial charge is 0.469 e. The van der Waals surface area contributed by atoms with Crippen LogP contribution in [0, 0.1) is 24.2 Å². The number of nitrogens with zero attached hydrogens (tertiary/aromatic N) is 2. The molecule has 0 unspecified atom stereocenters. The number of Topliss-reactive ketones (excluding diaryl/α,β-unsaturated/α-hetero) is 1. The van der Waals surface area contributed by atoms with Crippen molar-refractivity contribution in [3.63, 3.8) is 0 Å². The van der Waals surface area contributed by atoms with Crippen LogP contribution in [0.25, 0.3) is 11.0 Å². The fourth-order valence-electron chi connectivity index (χ4n) is 7.49. The lowest BCUT2D eigenvalue weighted by molar-refractivity contribution is -0.148. The molecule has 0 saturated heterocycles. The third-order valence-electron chi connectivity index (χ3n) is 14.3. The van der Waals surface area contributed by atoms with Gasteiger partial charge in [0.2, 0.25) is 0 Å². The summed E-state index contributed by atoms with van der Waals surface area (Å²) in [5.41, 5.74) is 2.43. The van der Waals surface area contributed by atoms with Crippen LogP contribution in [0.3, 0.4) is 0 Å². The Labute approximate surface area is 358 Å². The number of aromatic nitrogens is 2. The van der Waals surface area contributed by atoms with Crippen LogP contribution in [-0.2, 0) is 34.7 Å². The summed E-state index contributed by atoms with van der Waals surface area (Å²) in [6.45, 7) is 39.3. The van der Waals surface area contributed by atoms with Gasteiger partial charge in [0, 0.05) is 18.4 Å². The van der Waals surface area contributed by atoms with Crippen LogP contribution in [0.5, 0.6) is 0 Å². The average Bonchev–Trinajstić information content (AvgIpc) is 3.42. The van der Waals surface area contributed by atoms with Crippen molar-refractivity contribution in [2.75, 3.05) is 7.11 Å². The molecule has 332 valence electrons. The molecule has 0 aliphatic carbocycles. The number of carbonyl (C=O) groups is 2. The number of unbranched alkanes of at least 4 members (excludes halogenated alkanes) is 1. The highest BCUT2D eigenvalue weighted by molar-refractivity contribution is 6.74. The third kappa shape index (κ3) is 13.1. The third-order valence-corrected chi connectivity index (χ3v) is 28.0. The summed E-state index contributed by atoms with van der Waals surface area (Å²) < 4.78 is 28.5. The number of allylic oxidation sites excluding steroid dienone is 1. The summed E-state index contributed by atoms with van der Waals surface area (Å²) in [4.78, 5) is 32.4. The van der Waals surface area contributed by atoms with E-state index in [2.05, 4.69) is 144 Å². The Morgan fingerprint density at radius 2 is 1.40 bits per heavy atom. The number of hydrogen-bond acceptors (Lipinski definition) is 7. The Bertz CT molecular complexity index is 1660. The topological polar surface area (TPSA) is 88.9 Å². The van der Waals surface area contributed by atoms with Gasteiger partial charge in [-0.1, -0.05) is 108 Å². The number of ketones is 1. The van der Waals surface area contributed by atoms with Crippen molar-refractivity contribution in [1.82, 2.24) is 9.55 Å². The molecule has 2 aromatic rings. The molecule has 0 amide bonds. The van der Waals surface area contributed by atoms with Crippen LogP contribution in [0.1, 0.15) is 140 Å². The van der Waals surface area contributed by atoms with E-state index in [1.165, 1.54) is 12.7 Å². The summed E-state index contributed by atoms with van der Waals surface area (Å²) in [5, 5.41) is -0.103. The monoisotopic (exact) mass is 859 g/mol. The van der Waals surface area contributed by atoms with Gasteiger partial charge in [0.25, 0.3) is 0 Å². The predicted octanol–water partition coefficient (Wildman–Crippen LogP) is 13.3. The van der Waals surface area contributed by atoms with Crippen molar-refractivity contribution in [2.45, 2.75) is 202 Å². The summed E-state index contributed by atoms with van der Waals surface area (Å²) in [5.74, 6) is 0.476. The number of hydrogen-bond donors (Lipinski definition) is 0. The average molecular weight is 859 g/mol. The number of esters is 1. The van der Waals surface area contributed by atoms with Crippen LogP contribution in [0.2, 0.25) is 54.4 Å². The van der Waals surface area contributed by atoms with Crippen molar-refractivity contribution in [3.8, 4) is 0 Å². The van der Waals surface area contributed by atoms with E-state index in [9.17, 15) is 9.59 Å². The first kappa shape index (κ1) is 52.2. The van der Waals surface area contributed by atoms with Gasteiger partial charge in [0.15, 0.2) is 25.0 Å². The van der Waals surface area contributed by atoms with E-state index in [4.69, 9.17) is 23.0 Å². The molecule has 11 heteroatoms. The maximum atomic E-state index is 14.8. The Hall–Kier alpha value is -1.90. The fourth-order valence-corrected chi connectivity index (χ4v) is 13.2. The van der Waals surface area contributed by atoms with Gasteiger partial charge in [-0.2, -0.15) is 0 Å². The lowest BCUT2D eigenvalue weighted by atomic mass is 9.73. The first-order valence-corrected chi connectivity index (χ1v) is 30.6. The van der Waals surface area contributed by atoms with Gasteiger partial charge in [-0.3, -0.25) is 9.59 Å². The van der Waals surface area contributed by atoms with Gasteiger partial charge in [-0.05, 0) is 111 Å². The predicted molar refractivity (Wildman–Crippen MR) is 252 cm³/mol. The molecule has 0 N–H and O–H groups in total. The zero-order valence-corrected chi connectivity index (χ0v) is 43.8. The Kier molecular flexibility index (Phi) is 18.7. The molecule has 1 aromatic heterocycles. The van der Waals surface area contributed by atoms with Gasteiger partial charge in [0.1, 0.15) is 11.6 Å². The van der Waals surface area contributed by atoms with Crippen LogP contribution in [-0.4, -0.2) is 65.6 Å². The van der Waals surface area contributed by atoms with E-state index in [0.717, 1.165) is 60.7 Å². The quantitative estimate of drug-likeness (QED) is 0.0476. The zero-order chi connectivity index (χ0) is 44.7. The van der Waals surface area contributed by atoms with Gasteiger partial charge in [-0.15, -0.1) is 0 Å². The van der Waals surface area contributed by atoms with Crippen molar-refractivity contribution >= 4 is 47.7 Å². The van der Waals surface area contributed by atoms with Crippen LogP contribution >= 0.6 is 0 Å². The fraction of sp³-hybridized carbons (Fsp3) is 0.766. The molecule has 0 aliphatic heterocycles. The highest BCUT2D eigenvalue weighted by Gasteiger charge is 2.50. The lowest BCUT2D eigenvalue weighted by Crippen LogP contribution is -2.54. The van der Waals surface area contributed by atoms with Crippen molar-refractivity contribution in [1.29, 1.82) is 0 Å². The minimum Gasteiger partial charge on any atom is -0.469 e. The number of rotatable bonds is 23. The van der Waals surface area contributed by atoms with Gasteiger partial charge < -0.3 is 22.6 Å². The van der Waals surface area contributed by atoms with E-state index in [1.54, 1.807) is 0 Å². The maximum Gasteiger partial charge on any atom is 0.308 e. The minimum atomic E-state index is -2.34. The molecule has 8 nitrogen and oxygen atoms in total. The van der Waals surface area contributed by atoms with Crippen LogP contribution < -0.4 is 0 Å². The standard InChI is InChI=1S/C47H86N2O6Si3/c1-21-58(22-2,23-3)53-40(37-30-31-39-38(32-37)48-36(6)49(39)15)29-27-25-24-26-28-34(4)43(55-57(19,20)46(10,11)12)35(5)44(51)47(13,14)41(33-42(50)52-16)54-56(17,18)45(7,8)9/h25,27,30-32,34-35,40-41,43H,21-24,26,28-29,33H2,1-20H3/b27-25+/t34-,35+,40-,41-,43-/m0/s1. The summed E-state index contributed by atoms with van der Waals surface area (Å²) in [6, 6.07) is 9.97. The Morgan fingerprint density at radius 1 is 0.845 bits per heavy atom. The molecule has 0 spiro atoms. The number of carbonyl (C=O) groups excluding carboxylic acids is 2. The number of fused-ring (bicyclic) bond motifs is 1. The molecular formula is C47H86N2O6Si3. The molecule has 0 fully saturated rings. The molecule has 0 saturated carbocycles. The van der Waals surface area contributed by atoms with Gasteiger partial charge in [-0.25, -0.2) is 4.98 Å². The molecule has 1 heterocycles. The second-order valence-corrected chi connectivity index (χ2v) is 35.0. The minimum absolute atomic E-state index is 0.00499.